The molecule has 23 heavy (non-hydrogen) atoms. The lowest BCUT2D eigenvalue weighted by atomic mass is 10.0. The van der Waals surface area contributed by atoms with Crippen LogP contribution in [0.25, 0.3) is 0 Å². The molecule has 1 fully saturated rings. The molecule has 1 saturated heterocycles. The van der Waals surface area contributed by atoms with E-state index in [2.05, 4.69) is 26.1 Å². The summed E-state index contributed by atoms with van der Waals surface area (Å²) in [6.45, 7) is 3.53. The SMILES string of the molecule is Cl.Cl.Oc1c(F)ccc(Br)c1[C@@H](c1cccs1)N1CCNCC1. The Morgan fingerprint density at radius 1 is 1.22 bits per heavy atom. The van der Waals surface area contributed by atoms with E-state index < -0.39 is 5.82 Å². The summed E-state index contributed by atoms with van der Waals surface area (Å²) in [7, 11) is 0. The number of phenols is 1. The van der Waals surface area contributed by atoms with Gasteiger partial charge in [0.25, 0.3) is 0 Å². The zero-order valence-corrected chi connectivity index (χ0v) is 16.2. The fourth-order valence-corrected chi connectivity index (χ4v) is 4.11. The van der Waals surface area contributed by atoms with Crippen molar-refractivity contribution in [3.05, 3.63) is 50.4 Å². The van der Waals surface area contributed by atoms with E-state index >= 15 is 0 Å². The van der Waals surface area contributed by atoms with E-state index in [0.717, 1.165) is 35.5 Å². The second-order valence-electron chi connectivity index (χ2n) is 5.00. The Labute approximate surface area is 159 Å². The summed E-state index contributed by atoms with van der Waals surface area (Å²) in [6.07, 6.45) is 0. The third-order valence-corrected chi connectivity index (χ3v) is 5.33. The number of hydrogen-bond donors (Lipinski definition) is 2. The number of thiophene rings is 1. The molecule has 8 heteroatoms. The molecule has 0 aliphatic carbocycles. The van der Waals surface area contributed by atoms with Gasteiger partial charge in [-0.15, -0.1) is 36.2 Å². The second kappa shape index (κ2) is 9.20. The van der Waals surface area contributed by atoms with Gasteiger partial charge in [-0.2, -0.15) is 0 Å². The standard InChI is InChI=1S/C15H16BrFN2OS.2ClH/c16-10-3-4-11(17)15(20)13(10)14(12-2-1-9-21-12)19-7-5-18-6-8-19;;/h1-4,9,14,18,20H,5-8H2;2*1H/t14-;;/m1../s1. The first-order chi connectivity index (χ1) is 10.2. The normalized spacial score (nSPS) is 16.3. The number of nitrogens with one attached hydrogen (secondary N) is 1. The van der Waals surface area contributed by atoms with Crippen LogP contribution in [0.4, 0.5) is 4.39 Å². The van der Waals surface area contributed by atoms with Crippen LogP contribution in [0, 0.1) is 5.82 Å². The first-order valence-corrected chi connectivity index (χ1v) is 8.51. The van der Waals surface area contributed by atoms with E-state index in [1.807, 2.05) is 17.5 Å². The average molecular weight is 444 g/mol. The maximum Gasteiger partial charge on any atom is 0.165 e. The van der Waals surface area contributed by atoms with Gasteiger partial charge in [-0.05, 0) is 23.6 Å². The summed E-state index contributed by atoms with van der Waals surface area (Å²) in [5, 5.41) is 15.6. The third-order valence-electron chi connectivity index (χ3n) is 3.72. The molecule has 3 rings (SSSR count). The van der Waals surface area contributed by atoms with Gasteiger partial charge in [0.15, 0.2) is 11.6 Å². The van der Waals surface area contributed by atoms with Crippen LogP contribution in [-0.4, -0.2) is 36.2 Å². The van der Waals surface area contributed by atoms with Gasteiger partial charge in [0.1, 0.15) is 0 Å². The zero-order chi connectivity index (χ0) is 14.8. The number of rotatable bonds is 3. The topological polar surface area (TPSA) is 35.5 Å². The highest BCUT2D eigenvalue weighted by Gasteiger charge is 2.29. The van der Waals surface area contributed by atoms with Gasteiger partial charge in [0.2, 0.25) is 0 Å². The molecule has 0 amide bonds. The lowest BCUT2D eigenvalue weighted by molar-refractivity contribution is 0.197. The molecule has 1 atom stereocenters. The molecule has 1 aliphatic rings. The smallest absolute Gasteiger partial charge is 0.165 e. The van der Waals surface area contributed by atoms with Crippen molar-refractivity contribution in [2.24, 2.45) is 0 Å². The monoisotopic (exact) mass is 442 g/mol. The van der Waals surface area contributed by atoms with Crippen molar-refractivity contribution in [1.82, 2.24) is 10.2 Å². The number of phenolic OH excluding ortho intramolecular Hbond substituents is 1. The highest BCUT2D eigenvalue weighted by molar-refractivity contribution is 9.10. The molecule has 0 saturated carbocycles. The van der Waals surface area contributed by atoms with Crippen molar-refractivity contribution in [1.29, 1.82) is 0 Å². The van der Waals surface area contributed by atoms with E-state index in [1.54, 1.807) is 17.4 Å². The summed E-state index contributed by atoms with van der Waals surface area (Å²) >= 11 is 5.10. The van der Waals surface area contributed by atoms with Gasteiger partial charge < -0.3 is 10.4 Å². The molecular weight excluding hydrogens is 426 g/mol. The fourth-order valence-electron chi connectivity index (χ4n) is 2.71. The van der Waals surface area contributed by atoms with Crippen LogP contribution in [0.3, 0.4) is 0 Å². The van der Waals surface area contributed by atoms with Gasteiger partial charge in [-0.3, -0.25) is 4.90 Å². The van der Waals surface area contributed by atoms with Crippen molar-refractivity contribution >= 4 is 52.1 Å². The van der Waals surface area contributed by atoms with E-state index in [9.17, 15) is 9.50 Å². The van der Waals surface area contributed by atoms with Crippen LogP contribution in [0.5, 0.6) is 5.75 Å². The minimum absolute atomic E-state index is 0. The van der Waals surface area contributed by atoms with Crippen molar-refractivity contribution < 1.29 is 9.50 Å². The maximum absolute atomic E-state index is 13.8. The Kier molecular flexibility index (Phi) is 8.27. The molecule has 128 valence electrons. The lowest BCUT2D eigenvalue weighted by Gasteiger charge is -2.35. The van der Waals surface area contributed by atoms with Crippen LogP contribution < -0.4 is 5.32 Å². The van der Waals surface area contributed by atoms with Crippen LogP contribution in [-0.2, 0) is 0 Å². The number of piperazine rings is 1. The quantitative estimate of drug-likeness (QED) is 0.746. The second-order valence-corrected chi connectivity index (χ2v) is 6.83. The summed E-state index contributed by atoms with van der Waals surface area (Å²) in [5.41, 5.74) is 0.611. The Morgan fingerprint density at radius 2 is 1.91 bits per heavy atom. The summed E-state index contributed by atoms with van der Waals surface area (Å²) in [6, 6.07) is 6.84. The van der Waals surface area contributed by atoms with E-state index in [1.165, 1.54) is 6.07 Å². The van der Waals surface area contributed by atoms with Gasteiger partial charge in [-0.1, -0.05) is 22.0 Å². The van der Waals surface area contributed by atoms with Gasteiger partial charge in [0.05, 0.1) is 6.04 Å². The number of benzene rings is 1. The first kappa shape index (κ1) is 20.7. The Bertz CT molecular complexity index is 624. The van der Waals surface area contributed by atoms with Crippen molar-refractivity contribution in [2.45, 2.75) is 6.04 Å². The Hall–Kier alpha value is -0.370. The van der Waals surface area contributed by atoms with Crippen molar-refractivity contribution in [3.63, 3.8) is 0 Å². The maximum atomic E-state index is 13.8. The molecule has 0 spiro atoms. The molecule has 3 nitrogen and oxygen atoms in total. The highest BCUT2D eigenvalue weighted by atomic mass is 79.9. The van der Waals surface area contributed by atoms with E-state index in [4.69, 9.17) is 0 Å². The lowest BCUT2D eigenvalue weighted by Crippen LogP contribution is -2.45. The van der Waals surface area contributed by atoms with Crippen molar-refractivity contribution in [2.75, 3.05) is 26.2 Å². The minimum Gasteiger partial charge on any atom is -0.505 e. The molecule has 1 aromatic heterocycles. The van der Waals surface area contributed by atoms with Gasteiger partial charge in [-0.25, -0.2) is 4.39 Å². The Balaban J connectivity index is 0.00000132. The third kappa shape index (κ3) is 4.38. The van der Waals surface area contributed by atoms with Crippen LogP contribution in [0.15, 0.2) is 34.1 Å². The largest absolute Gasteiger partial charge is 0.505 e. The molecule has 0 unspecified atom stereocenters. The molecule has 2 N–H and O–H groups in total. The number of nitrogens with zero attached hydrogens (tertiary/aromatic N) is 1. The first-order valence-electron chi connectivity index (χ1n) is 6.83. The summed E-state index contributed by atoms with van der Waals surface area (Å²) in [5.74, 6) is -0.841. The molecule has 2 aromatic rings. The summed E-state index contributed by atoms with van der Waals surface area (Å²) < 4.78 is 14.6. The molecule has 2 heterocycles. The van der Waals surface area contributed by atoms with Crippen LogP contribution in [0.1, 0.15) is 16.5 Å². The average Bonchev–Trinajstić information content (AvgIpc) is 3.02. The number of hydrogen-bond acceptors (Lipinski definition) is 4. The molecule has 1 aliphatic heterocycles. The zero-order valence-electron chi connectivity index (χ0n) is 12.2. The predicted molar refractivity (Wildman–Crippen MR) is 101 cm³/mol. The fraction of sp³-hybridized carbons (Fsp3) is 0.333. The van der Waals surface area contributed by atoms with E-state index in [0.29, 0.717) is 5.56 Å². The van der Waals surface area contributed by atoms with E-state index in [-0.39, 0.29) is 36.6 Å². The number of halogens is 4. The molecule has 0 radical (unpaired) electrons. The predicted octanol–water partition coefficient (Wildman–Crippen LogP) is 4.19. The molecule has 1 aromatic carbocycles. The molecule has 0 bridgehead atoms. The van der Waals surface area contributed by atoms with Crippen LogP contribution in [0.2, 0.25) is 0 Å². The highest BCUT2D eigenvalue weighted by Crippen LogP contribution is 2.41. The molecular formula is C15H18BrCl2FN2OS. The Morgan fingerprint density at radius 3 is 2.52 bits per heavy atom. The van der Waals surface area contributed by atoms with Gasteiger partial charge >= 0.3 is 0 Å². The minimum atomic E-state index is -0.579. The van der Waals surface area contributed by atoms with Crippen LogP contribution >= 0.6 is 52.1 Å². The number of aromatic hydroxyl groups is 1. The summed E-state index contributed by atoms with van der Waals surface area (Å²) in [4.78, 5) is 3.39. The van der Waals surface area contributed by atoms with Crippen molar-refractivity contribution in [3.8, 4) is 5.75 Å². The van der Waals surface area contributed by atoms with Gasteiger partial charge in [0, 0.05) is 41.1 Å².